The van der Waals surface area contributed by atoms with Crippen LogP contribution in [0, 0.1) is 0 Å². The molecule has 4 heteroatoms. The molecule has 0 spiro atoms. The van der Waals surface area contributed by atoms with Crippen molar-refractivity contribution in [3.05, 3.63) is 36.2 Å². The van der Waals surface area contributed by atoms with Gasteiger partial charge in [-0.3, -0.25) is 0 Å². The zero-order chi connectivity index (χ0) is 12.3. The molecule has 0 bridgehead atoms. The van der Waals surface area contributed by atoms with Gasteiger partial charge in [-0.15, -0.1) is 0 Å². The number of hydrogen-bond donors (Lipinski definition) is 1. The second-order valence-electron chi connectivity index (χ2n) is 3.69. The van der Waals surface area contributed by atoms with Crippen LogP contribution in [0.15, 0.2) is 30.6 Å². The molecule has 2 N–H and O–H groups in total. The molecule has 0 aliphatic carbocycles. The van der Waals surface area contributed by atoms with Gasteiger partial charge in [-0.05, 0) is 12.0 Å². The first-order valence-corrected chi connectivity index (χ1v) is 5.50. The molecule has 88 valence electrons. The largest absolute Gasteiger partial charge is 0.491 e. The highest BCUT2D eigenvalue weighted by molar-refractivity contribution is 5.71. The Hall–Kier alpha value is -2.10. The number of nitrogens with two attached hydrogens (primary N) is 1. The molecule has 0 radical (unpaired) electrons. The Morgan fingerprint density at radius 2 is 1.88 bits per heavy atom. The molecule has 0 atom stereocenters. The molecule has 0 aliphatic heterocycles. The minimum atomic E-state index is 0.358. The minimum Gasteiger partial charge on any atom is -0.491 e. The number of benzene rings is 1. The zero-order valence-corrected chi connectivity index (χ0v) is 9.97. The Bertz CT molecular complexity index is 509. The zero-order valence-electron chi connectivity index (χ0n) is 9.97. The summed E-state index contributed by atoms with van der Waals surface area (Å²) in [6, 6.07) is 8.19. The van der Waals surface area contributed by atoms with Crippen molar-refractivity contribution in [2.75, 3.05) is 12.8 Å². The average Bonchev–Trinajstić information content (AvgIpc) is 2.38. The molecule has 1 heterocycles. The van der Waals surface area contributed by atoms with Gasteiger partial charge in [0.15, 0.2) is 11.6 Å². The van der Waals surface area contributed by atoms with E-state index in [0.29, 0.717) is 11.6 Å². The first-order valence-electron chi connectivity index (χ1n) is 5.50. The maximum atomic E-state index is 5.75. The van der Waals surface area contributed by atoms with Crippen molar-refractivity contribution in [1.29, 1.82) is 0 Å². The molecule has 1 aromatic heterocycles. The molecular formula is C13H15N3O. The topological polar surface area (TPSA) is 61.0 Å². The lowest BCUT2D eigenvalue weighted by atomic mass is 10.1. The highest BCUT2D eigenvalue weighted by Gasteiger charge is 2.11. The molecule has 17 heavy (non-hydrogen) atoms. The van der Waals surface area contributed by atoms with Crippen molar-refractivity contribution in [2.24, 2.45) is 0 Å². The van der Waals surface area contributed by atoms with Crippen LogP contribution in [0.25, 0.3) is 11.3 Å². The van der Waals surface area contributed by atoms with Crippen molar-refractivity contribution < 1.29 is 4.74 Å². The van der Waals surface area contributed by atoms with Gasteiger partial charge in [-0.2, -0.15) is 0 Å². The quantitative estimate of drug-likeness (QED) is 0.877. The fraction of sp³-hybridized carbons (Fsp3) is 0.231. The summed E-state index contributed by atoms with van der Waals surface area (Å²) in [6.45, 7) is 2.12. The Morgan fingerprint density at radius 1 is 1.18 bits per heavy atom. The van der Waals surface area contributed by atoms with Crippen LogP contribution in [0.5, 0.6) is 5.75 Å². The summed E-state index contributed by atoms with van der Waals surface area (Å²) >= 11 is 0. The van der Waals surface area contributed by atoms with E-state index in [1.807, 2.05) is 12.1 Å². The summed E-state index contributed by atoms with van der Waals surface area (Å²) in [7, 11) is 1.57. The molecule has 0 aliphatic rings. The molecule has 2 aromatic rings. The van der Waals surface area contributed by atoms with Crippen LogP contribution < -0.4 is 10.5 Å². The minimum absolute atomic E-state index is 0.358. The summed E-state index contributed by atoms with van der Waals surface area (Å²) < 4.78 is 5.24. The molecule has 0 fully saturated rings. The number of hydrogen-bond acceptors (Lipinski definition) is 4. The van der Waals surface area contributed by atoms with Crippen molar-refractivity contribution in [2.45, 2.75) is 13.3 Å². The molecule has 0 saturated heterocycles. The molecule has 0 saturated carbocycles. The van der Waals surface area contributed by atoms with Gasteiger partial charge in [0, 0.05) is 5.56 Å². The third-order valence-corrected chi connectivity index (χ3v) is 2.67. The Kier molecular flexibility index (Phi) is 3.23. The predicted molar refractivity (Wildman–Crippen MR) is 67.8 cm³/mol. The van der Waals surface area contributed by atoms with Crippen LogP contribution in [0.1, 0.15) is 12.5 Å². The van der Waals surface area contributed by atoms with Crippen LogP contribution >= 0.6 is 0 Å². The fourth-order valence-electron chi connectivity index (χ4n) is 1.69. The third kappa shape index (κ3) is 2.20. The van der Waals surface area contributed by atoms with E-state index in [4.69, 9.17) is 10.5 Å². The van der Waals surface area contributed by atoms with E-state index in [9.17, 15) is 0 Å². The number of anilines is 1. The van der Waals surface area contributed by atoms with Gasteiger partial charge in [-0.25, -0.2) is 9.97 Å². The van der Waals surface area contributed by atoms with Crippen LogP contribution in [0.3, 0.4) is 0 Å². The van der Waals surface area contributed by atoms with Gasteiger partial charge in [-0.1, -0.05) is 31.2 Å². The third-order valence-electron chi connectivity index (χ3n) is 2.67. The van der Waals surface area contributed by atoms with Gasteiger partial charge in [0.2, 0.25) is 0 Å². The fourth-order valence-corrected chi connectivity index (χ4v) is 1.69. The van der Waals surface area contributed by atoms with E-state index in [1.54, 1.807) is 7.11 Å². The number of aromatic nitrogens is 2. The summed E-state index contributed by atoms with van der Waals surface area (Å²) in [5.74, 6) is 0.883. The Balaban J connectivity index is 2.48. The Labute approximate surface area is 100 Å². The van der Waals surface area contributed by atoms with Crippen LogP contribution in [0.4, 0.5) is 5.82 Å². The second-order valence-corrected chi connectivity index (χ2v) is 3.69. The number of nitrogens with zero attached hydrogens (tertiary/aromatic N) is 2. The number of rotatable bonds is 3. The van der Waals surface area contributed by atoms with Crippen molar-refractivity contribution >= 4 is 5.82 Å². The van der Waals surface area contributed by atoms with Gasteiger partial charge in [0.05, 0.1) is 7.11 Å². The monoisotopic (exact) mass is 229 g/mol. The van der Waals surface area contributed by atoms with E-state index < -0.39 is 0 Å². The first kappa shape index (κ1) is 11.4. The summed E-state index contributed by atoms with van der Waals surface area (Å²) in [6.07, 6.45) is 2.46. The number of methoxy groups -OCH3 is 1. The SMILES string of the molecule is CCc1ccc(-c2ncnc(N)c2OC)cc1. The molecular weight excluding hydrogens is 214 g/mol. The predicted octanol–water partition coefficient (Wildman–Crippen LogP) is 2.30. The van der Waals surface area contributed by atoms with Crippen LogP contribution in [-0.4, -0.2) is 17.1 Å². The van der Waals surface area contributed by atoms with Crippen LogP contribution in [-0.2, 0) is 6.42 Å². The van der Waals surface area contributed by atoms with Gasteiger partial charge >= 0.3 is 0 Å². The molecule has 1 aromatic carbocycles. The van der Waals surface area contributed by atoms with E-state index in [1.165, 1.54) is 11.9 Å². The molecule has 0 unspecified atom stereocenters. The number of nitrogen functional groups attached to an aromatic ring is 1. The number of ether oxygens (including phenoxy) is 1. The van der Waals surface area contributed by atoms with Gasteiger partial charge in [0.1, 0.15) is 12.0 Å². The second kappa shape index (κ2) is 4.82. The maximum absolute atomic E-state index is 5.75. The molecule has 4 nitrogen and oxygen atoms in total. The van der Waals surface area contributed by atoms with Gasteiger partial charge in [0.25, 0.3) is 0 Å². The lowest BCUT2D eigenvalue weighted by Crippen LogP contribution is -1.99. The standard InChI is InChI=1S/C13H15N3O/c1-3-9-4-6-10(7-5-9)11-12(17-2)13(14)16-8-15-11/h4-8H,3H2,1-2H3,(H2,14,15,16). The van der Waals surface area contributed by atoms with Gasteiger partial charge < -0.3 is 10.5 Å². The maximum Gasteiger partial charge on any atom is 0.187 e. The summed E-state index contributed by atoms with van der Waals surface area (Å²) in [5, 5.41) is 0. The molecule has 2 rings (SSSR count). The average molecular weight is 229 g/mol. The highest BCUT2D eigenvalue weighted by Crippen LogP contribution is 2.31. The summed E-state index contributed by atoms with van der Waals surface area (Å²) in [5.41, 5.74) is 8.74. The van der Waals surface area contributed by atoms with E-state index >= 15 is 0 Å². The van der Waals surface area contributed by atoms with Crippen molar-refractivity contribution in [3.63, 3.8) is 0 Å². The lowest BCUT2D eigenvalue weighted by Gasteiger charge is -2.09. The lowest BCUT2D eigenvalue weighted by molar-refractivity contribution is 0.415. The van der Waals surface area contributed by atoms with E-state index in [0.717, 1.165) is 17.7 Å². The smallest absolute Gasteiger partial charge is 0.187 e. The van der Waals surface area contributed by atoms with Crippen molar-refractivity contribution in [3.8, 4) is 17.0 Å². The first-order chi connectivity index (χ1) is 8.26. The van der Waals surface area contributed by atoms with Crippen molar-refractivity contribution in [1.82, 2.24) is 9.97 Å². The van der Waals surface area contributed by atoms with E-state index in [2.05, 4.69) is 29.0 Å². The normalized spacial score (nSPS) is 10.2. The summed E-state index contributed by atoms with van der Waals surface area (Å²) in [4.78, 5) is 8.13. The van der Waals surface area contributed by atoms with Crippen LogP contribution in [0.2, 0.25) is 0 Å². The number of aryl methyl sites for hydroxylation is 1. The van der Waals surface area contributed by atoms with E-state index in [-0.39, 0.29) is 0 Å². The molecule has 0 amide bonds. The Morgan fingerprint density at radius 3 is 2.47 bits per heavy atom. The highest BCUT2D eigenvalue weighted by atomic mass is 16.5.